The van der Waals surface area contributed by atoms with E-state index in [4.69, 9.17) is 14.9 Å². The van der Waals surface area contributed by atoms with E-state index in [1.165, 1.54) is 0 Å². The molecule has 0 aliphatic heterocycles. The summed E-state index contributed by atoms with van der Waals surface area (Å²) in [7, 11) is 3.48. The van der Waals surface area contributed by atoms with Crippen LogP contribution in [0.3, 0.4) is 0 Å². The summed E-state index contributed by atoms with van der Waals surface area (Å²) in [4.78, 5) is 0. The highest BCUT2D eigenvalue weighted by molar-refractivity contribution is 5.88. The van der Waals surface area contributed by atoms with E-state index >= 15 is 0 Å². The summed E-state index contributed by atoms with van der Waals surface area (Å²) in [5, 5.41) is 4.54. The third-order valence-corrected chi connectivity index (χ3v) is 3.56. The fourth-order valence-corrected chi connectivity index (χ4v) is 2.42. The predicted octanol–water partition coefficient (Wildman–Crippen LogP) is 3.25. The molecule has 0 saturated heterocycles. The molecule has 0 saturated carbocycles. The molecule has 0 spiro atoms. The second-order valence-corrected chi connectivity index (χ2v) is 4.85. The molecule has 2 N–H and O–H groups in total. The van der Waals surface area contributed by atoms with Gasteiger partial charge in [-0.1, -0.05) is 12.1 Å². The number of nitrogens with two attached hydrogens (primary N) is 1. The maximum absolute atomic E-state index is 6.21. The molecule has 0 unspecified atom stereocenters. The van der Waals surface area contributed by atoms with Crippen molar-refractivity contribution in [3.05, 3.63) is 42.4 Å². The molecule has 0 aliphatic carbocycles. The third-order valence-electron chi connectivity index (χ3n) is 3.56. The number of benzene rings is 1. The van der Waals surface area contributed by atoms with Crippen LogP contribution in [0.15, 0.2) is 41.0 Å². The highest BCUT2D eigenvalue weighted by atomic mass is 16.5. The average Bonchev–Trinajstić information content (AvgIpc) is 3.03. The average molecular weight is 283 g/mol. The van der Waals surface area contributed by atoms with Crippen LogP contribution in [0.2, 0.25) is 0 Å². The van der Waals surface area contributed by atoms with Crippen LogP contribution in [0.5, 0.6) is 5.75 Å². The lowest BCUT2D eigenvalue weighted by molar-refractivity contribution is 0.415. The zero-order valence-corrected chi connectivity index (χ0v) is 12.3. The minimum absolute atomic E-state index is 0.610. The standard InChI is InChI=1S/C16H17N3O2/c1-10-13(7-8-21-10)15-14(16(17)19(2)18-15)11-5-4-6-12(9-11)20-3/h4-9H,17H2,1-3H3. The number of nitrogen functional groups attached to an aromatic ring is 1. The maximum atomic E-state index is 6.21. The van der Waals surface area contributed by atoms with Crippen LogP contribution in [-0.2, 0) is 7.05 Å². The van der Waals surface area contributed by atoms with Crippen LogP contribution in [0.1, 0.15) is 5.76 Å². The summed E-state index contributed by atoms with van der Waals surface area (Å²) in [5.41, 5.74) is 9.83. The van der Waals surface area contributed by atoms with E-state index in [0.29, 0.717) is 5.82 Å². The topological polar surface area (TPSA) is 66.2 Å². The van der Waals surface area contributed by atoms with Gasteiger partial charge in [-0.3, -0.25) is 4.68 Å². The van der Waals surface area contributed by atoms with Gasteiger partial charge in [0.2, 0.25) is 0 Å². The van der Waals surface area contributed by atoms with E-state index in [1.807, 2.05) is 44.3 Å². The van der Waals surface area contributed by atoms with E-state index < -0.39 is 0 Å². The zero-order valence-electron chi connectivity index (χ0n) is 12.3. The summed E-state index contributed by atoms with van der Waals surface area (Å²) < 4.78 is 12.4. The van der Waals surface area contributed by atoms with Gasteiger partial charge >= 0.3 is 0 Å². The molecule has 0 atom stereocenters. The lowest BCUT2D eigenvalue weighted by Crippen LogP contribution is -1.98. The third kappa shape index (κ3) is 2.16. The molecule has 21 heavy (non-hydrogen) atoms. The molecule has 3 rings (SSSR count). The van der Waals surface area contributed by atoms with Crippen molar-refractivity contribution >= 4 is 5.82 Å². The largest absolute Gasteiger partial charge is 0.497 e. The number of furan rings is 1. The van der Waals surface area contributed by atoms with Crippen molar-refractivity contribution < 1.29 is 9.15 Å². The van der Waals surface area contributed by atoms with Gasteiger partial charge in [0, 0.05) is 12.6 Å². The van der Waals surface area contributed by atoms with Crippen LogP contribution >= 0.6 is 0 Å². The quantitative estimate of drug-likeness (QED) is 0.801. The van der Waals surface area contributed by atoms with Crippen molar-refractivity contribution in [1.29, 1.82) is 0 Å². The molecule has 0 fully saturated rings. The van der Waals surface area contributed by atoms with Gasteiger partial charge < -0.3 is 14.9 Å². The Bertz CT molecular complexity index is 787. The zero-order chi connectivity index (χ0) is 15.0. The van der Waals surface area contributed by atoms with Gasteiger partial charge in [-0.25, -0.2) is 0 Å². The van der Waals surface area contributed by atoms with Gasteiger partial charge in [0.05, 0.1) is 18.9 Å². The summed E-state index contributed by atoms with van der Waals surface area (Å²) in [6.07, 6.45) is 1.66. The fourth-order valence-electron chi connectivity index (χ4n) is 2.42. The van der Waals surface area contributed by atoms with E-state index in [-0.39, 0.29) is 0 Å². The molecule has 108 valence electrons. The molecule has 3 aromatic rings. The fraction of sp³-hybridized carbons (Fsp3) is 0.188. The van der Waals surface area contributed by atoms with Gasteiger partial charge in [0.15, 0.2) is 0 Å². The Hall–Kier alpha value is -2.69. The number of hydrogen-bond acceptors (Lipinski definition) is 4. The summed E-state index contributed by atoms with van der Waals surface area (Å²) in [6, 6.07) is 9.69. The summed E-state index contributed by atoms with van der Waals surface area (Å²) in [6.45, 7) is 1.91. The number of hydrogen-bond donors (Lipinski definition) is 1. The van der Waals surface area contributed by atoms with Crippen molar-refractivity contribution in [2.24, 2.45) is 7.05 Å². The maximum Gasteiger partial charge on any atom is 0.129 e. The van der Waals surface area contributed by atoms with Crippen LogP contribution in [0.4, 0.5) is 5.82 Å². The highest BCUT2D eigenvalue weighted by Crippen LogP contribution is 2.38. The van der Waals surface area contributed by atoms with E-state index in [9.17, 15) is 0 Å². The molecule has 5 nitrogen and oxygen atoms in total. The first-order valence-electron chi connectivity index (χ1n) is 6.63. The molecule has 0 amide bonds. The van der Waals surface area contributed by atoms with Crippen molar-refractivity contribution in [2.45, 2.75) is 6.92 Å². The van der Waals surface area contributed by atoms with Gasteiger partial charge in [-0.2, -0.15) is 5.10 Å². The van der Waals surface area contributed by atoms with E-state index in [2.05, 4.69) is 5.10 Å². The van der Waals surface area contributed by atoms with E-state index in [0.717, 1.165) is 33.9 Å². The minimum atomic E-state index is 0.610. The lowest BCUT2D eigenvalue weighted by atomic mass is 10.0. The molecular formula is C16H17N3O2. The second-order valence-electron chi connectivity index (χ2n) is 4.85. The molecule has 0 aliphatic rings. The van der Waals surface area contributed by atoms with Crippen molar-refractivity contribution in [3.63, 3.8) is 0 Å². The predicted molar refractivity (Wildman–Crippen MR) is 82.0 cm³/mol. The van der Waals surface area contributed by atoms with Crippen LogP contribution < -0.4 is 10.5 Å². The molecule has 0 radical (unpaired) electrons. The van der Waals surface area contributed by atoms with Crippen LogP contribution in [0.25, 0.3) is 22.4 Å². The number of aromatic nitrogens is 2. The van der Waals surface area contributed by atoms with Crippen molar-refractivity contribution in [3.8, 4) is 28.1 Å². The number of ether oxygens (including phenoxy) is 1. The Balaban J connectivity index is 2.24. The Morgan fingerprint density at radius 2 is 2.10 bits per heavy atom. The molecular weight excluding hydrogens is 266 g/mol. The Labute approximate surface area is 122 Å². The Morgan fingerprint density at radius 1 is 1.29 bits per heavy atom. The number of anilines is 1. The first kappa shape index (κ1) is 13.3. The first-order chi connectivity index (χ1) is 10.1. The van der Waals surface area contributed by atoms with Gasteiger partial charge in [-0.05, 0) is 30.7 Å². The van der Waals surface area contributed by atoms with Crippen LogP contribution in [0, 0.1) is 6.92 Å². The summed E-state index contributed by atoms with van der Waals surface area (Å²) >= 11 is 0. The van der Waals surface area contributed by atoms with E-state index in [1.54, 1.807) is 18.1 Å². The molecule has 0 bridgehead atoms. The summed E-state index contributed by atoms with van der Waals surface area (Å²) in [5.74, 6) is 2.21. The van der Waals surface area contributed by atoms with Crippen molar-refractivity contribution in [2.75, 3.05) is 12.8 Å². The van der Waals surface area contributed by atoms with Crippen LogP contribution in [-0.4, -0.2) is 16.9 Å². The first-order valence-corrected chi connectivity index (χ1v) is 6.63. The van der Waals surface area contributed by atoms with Gasteiger partial charge in [0.1, 0.15) is 23.0 Å². The Morgan fingerprint density at radius 3 is 2.76 bits per heavy atom. The number of rotatable bonds is 3. The number of nitrogens with zero attached hydrogens (tertiary/aromatic N) is 2. The molecule has 2 aromatic heterocycles. The second kappa shape index (κ2) is 5.01. The highest BCUT2D eigenvalue weighted by Gasteiger charge is 2.20. The SMILES string of the molecule is COc1cccc(-c2c(-c3ccoc3C)nn(C)c2N)c1. The van der Waals surface area contributed by atoms with Gasteiger partial charge in [0.25, 0.3) is 0 Å². The lowest BCUT2D eigenvalue weighted by Gasteiger charge is -2.06. The van der Waals surface area contributed by atoms with Crippen molar-refractivity contribution in [1.82, 2.24) is 9.78 Å². The normalized spacial score (nSPS) is 10.8. The smallest absolute Gasteiger partial charge is 0.129 e. The Kier molecular flexibility index (Phi) is 3.17. The van der Waals surface area contributed by atoms with Gasteiger partial charge in [-0.15, -0.1) is 0 Å². The number of aryl methyl sites for hydroxylation is 2. The minimum Gasteiger partial charge on any atom is -0.497 e. The molecule has 2 heterocycles. The number of methoxy groups -OCH3 is 1. The molecule has 5 heteroatoms. The molecule has 1 aromatic carbocycles. The monoisotopic (exact) mass is 283 g/mol.